The first-order valence-electron chi connectivity index (χ1n) is 6.49. The first kappa shape index (κ1) is 14.2. The van der Waals surface area contributed by atoms with Crippen LogP contribution in [0.1, 0.15) is 33.6 Å². The standard InChI is InChI=1S/C15H20O4/c1-5-10-7-12(17)14(3,4)19-15(10)8-11(16)9(2)6-13(15)18/h5-6,10,12,17H,1,7-8H2,2-4H3/t10-,12+,15+/m0/s1. The number of hydrogen-bond donors (Lipinski definition) is 1. The molecule has 0 unspecified atom stereocenters. The fourth-order valence-corrected chi connectivity index (χ4v) is 2.88. The molecule has 1 fully saturated rings. The Labute approximate surface area is 113 Å². The molecule has 0 aromatic rings. The molecule has 0 bridgehead atoms. The van der Waals surface area contributed by atoms with Gasteiger partial charge in [-0.3, -0.25) is 9.59 Å². The van der Waals surface area contributed by atoms with Crippen LogP contribution >= 0.6 is 0 Å². The van der Waals surface area contributed by atoms with Crippen LogP contribution in [0.5, 0.6) is 0 Å². The van der Waals surface area contributed by atoms with Gasteiger partial charge in [-0.05, 0) is 38.8 Å². The second-order valence-corrected chi connectivity index (χ2v) is 5.98. The minimum absolute atomic E-state index is 0.0288. The molecule has 1 aliphatic heterocycles. The normalized spacial score (nSPS) is 38.2. The number of carbonyl (C=O) groups excluding carboxylic acids is 2. The van der Waals surface area contributed by atoms with Gasteiger partial charge in [-0.25, -0.2) is 0 Å². The highest BCUT2D eigenvalue weighted by Crippen LogP contribution is 2.45. The SMILES string of the molecule is C=C[C@H]1C[C@@H](O)C(C)(C)O[C@]12CC(=O)C(C)=CC2=O. The average Bonchev–Trinajstić information content (AvgIpc) is 2.31. The summed E-state index contributed by atoms with van der Waals surface area (Å²) >= 11 is 0. The Bertz CT molecular complexity index is 475. The van der Waals surface area contributed by atoms with E-state index in [0.29, 0.717) is 12.0 Å². The van der Waals surface area contributed by atoms with Crippen LogP contribution in [0.3, 0.4) is 0 Å². The third kappa shape index (κ3) is 2.09. The first-order valence-corrected chi connectivity index (χ1v) is 6.49. The van der Waals surface area contributed by atoms with Crippen LogP contribution in [0.25, 0.3) is 0 Å². The quantitative estimate of drug-likeness (QED) is 0.730. The van der Waals surface area contributed by atoms with Crippen molar-refractivity contribution < 1.29 is 19.4 Å². The summed E-state index contributed by atoms with van der Waals surface area (Å²) in [7, 11) is 0. The van der Waals surface area contributed by atoms with E-state index in [4.69, 9.17) is 4.74 Å². The topological polar surface area (TPSA) is 63.6 Å². The second kappa shape index (κ2) is 4.39. The number of aliphatic hydroxyl groups is 1. The zero-order chi connectivity index (χ0) is 14.4. The first-order chi connectivity index (χ1) is 8.73. The maximum atomic E-state index is 12.4. The van der Waals surface area contributed by atoms with Crippen molar-refractivity contribution in [3.8, 4) is 0 Å². The van der Waals surface area contributed by atoms with Crippen molar-refractivity contribution in [2.24, 2.45) is 5.92 Å². The Kier molecular flexibility index (Phi) is 3.27. The van der Waals surface area contributed by atoms with Crippen molar-refractivity contribution in [2.75, 3.05) is 0 Å². The van der Waals surface area contributed by atoms with E-state index in [-0.39, 0.29) is 23.9 Å². The Morgan fingerprint density at radius 3 is 2.68 bits per heavy atom. The zero-order valence-corrected chi connectivity index (χ0v) is 11.6. The molecule has 1 spiro atoms. The largest absolute Gasteiger partial charge is 0.390 e. The lowest BCUT2D eigenvalue weighted by Gasteiger charge is -2.51. The molecule has 1 N–H and O–H groups in total. The minimum Gasteiger partial charge on any atom is -0.390 e. The fraction of sp³-hybridized carbons (Fsp3) is 0.600. The fourth-order valence-electron chi connectivity index (χ4n) is 2.88. The number of aliphatic hydroxyl groups excluding tert-OH is 1. The molecule has 3 atom stereocenters. The zero-order valence-electron chi connectivity index (χ0n) is 11.6. The molecule has 0 aromatic heterocycles. The van der Waals surface area contributed by atoms with Crippen molar-refractivity contribution in [1.29, 1.82) is 0 Å². The van der Waals surface area contributed by atoms with Gasteiger partial charge >= 0.3 is 0 Å². The maximum Gasteiger partial charge on any atom is 0.188 e. The summed E-state index contributed by atoms with van der Waals surface area (Å²) < 4.78 is 5.91. The van der Waals surface area contributed by atoms with E-state index in [9.17, 15) is 14.7 Å². The highest BCUT2D eigenvalue weighted by molar-refractivity contribution is 6.12. The van der Waals surface area contributed by atoms with Gasteiger partial charge in [0.05, 0.1) is 11.7 Å². The maximum absolute atomic E-state index is 12.4. The minimum atomic E-state index is -1.19. The van der Waals surface area contributed by atoms with Gasteiger partial charge in [-0.2, -0.15) is 0 Å². The van der Waals surface area contributed by atoms with E-state index in [1.54, 1.807) is 26.8 Å². The lowest BCUT2D eigenvalue weighted by molar-refractivity contribution is -0.231. The van der Waals surface area contributed by atoms with Crippen LogP contribution < -0.4 is 0 Å². The summed E-state index contributed by atoms with van der Waals surface area (Å²) in [6, 6.07) is 0. The summed E-state index contributed by atoms with van der Waals surface area (Å²) in [6.07, 6.45) is 2.69. The van der Waals surface area contributed by atoms with E-state index in [0.717, 1.165) is 0 Å². The van der Waals surface area contributed by atoms with Gasteiger partial charge in [0.15, 0.2) is 11.6 Å². The third-order valence-corrected chi connectivity index (χ3v) is 4.24. The van der Waals surface area contributed by atoms with Gasteiger partial charge < -0.3 is 9.84 Å². The van der Waals surface area contributed by atoms with E-state index < -0.39 is 17.3 Å². The molecule has 2 rings (SSSR count). The molecule has 104 valence electrons. The molecule has 4 nitrogen and oxygen atoms in total. The number of ketones is 2. The van der Waals surface area contributed by atoms with Gasteiger partial charge in [0, 0.05) is 12.3 Å². The molecule has 4 heteroatoms. The van der Waals surface area contributed by atoms with Gasteiger partial charge in [-0.1, -0.05) is 6.08 Å². The van der Waals surface area contributed by atoms with Gasteiger partial charge in [0.1, 0.15) is 5.60 Å². The van der Waals surface area contributed by atoms with Crippen molar-refractivity contribution in [1.82, 2.24) is 0 Å². The van der Waals surface area contributed by atoms with Crippen LogP contribution in [-0.2, 0) is 14.3 Å². The third-order valence-electron chi connectivity index (χ3n) is 4.24. The molecule has 0 amide bonds. The van der Waals surface area contributed by atoms with E-state index in [2.05, 4.69) is 6.58 Å². The molecule has 1 heterocycles. The molecule has 0 saturated carbocycles. The van der Waals surface area contributed by atoms with E-state index >= 15 is 0 Å². The lowest BCUT2D eigenvalue weighted by atomic mass is 9.69. The highest BCUT2D eigenvalue weighted by atomic mass is 16.5. The van der Waals surface area contributed by atoms with Crippen LogP contribution in [0.15, 0.2) is 24.3 Å². The number of carbonyl (C=O) groups is 2. The van der Waals surface area contributed by atoms with Gasteiger partial charge in [-0.15, -0.1) is 6.58 Å². The Morgan fingerprint density at radius 1 is 1.47 bits per heavy atom. The number of ether oxygens (including phenoxy) is 1. The summed E-state index contributed by atoms with van der Waals surface area (Å²) in [5.41, 5.74) is -1.58. The van der Waals surface area contributed by atoms with Crippen molar-refractivity contribution in [3.63, 3.8) is 0 Å². The summed E-state index contributed by atoms with van der Waals surface area (Å²) in [5.74, 6) is -0.635. The molecule has 19 heavy (non-hydrogen) atoms. The average molecular weight is 264 g/mol. The van der Waals surface area contributed by atoms with E-state index in [1.165, 1.54) is 6.08 Å². The van der Waals surface area contributed by atoms with Crippen molar-refractivity contribution >= 4 is 11.6 Å². The summed E-state index contributed by atoms with van der Waals surface area (Å²) in [6.45, 7) is 8.83. The van der Waals surface area contributed by atoms with Crippen LogP contribution in [0.4, 0.5) is 0 Å². The van der Waals surface area contributed by atoms with Gasteiger partial charge in [0.2, 0.25) is 0 Å². The molecular weight excluding hydrogens is 244 g/mol. The summed E-state index contributed by atoms with van der Waals surface area (Å²) in [5, 5.41) is 10.1. The lowest BCUT2D eigenvalue weighted by Crippen LogP contribution is -2.62. The smallest absolute Gasteiger partial charge is 0.188 e. The van der Waals surface area contributed by atoms with Crippen LogP contribution in [-0.4, -0.2) is 34.0 Å². The molecule has 0 aromatic carbocycles. The Morgan fingerprint density at radius 2 is 2.11 bits per heavy atom. The molecule has 1 aliphatic carbocycles. The molecule has 2 aliphatic rings. The second-order valence-electron chi connectivity index (χ2n) is 5.98. The predicted octanol–water partition coefficient (Wildman–Crippen LogP) is 1.58. The van der Waals surface area contributed by atoms with E-state index in [1.807, 2.05) is 0 Å². The predicted molar refractivity (Wildman–Crippen MR) is 70.6 cm³/mol. The number of rotatable bonds is 1. The van der Waals surface area contributed by atoms with Crippen molar-refractivity contribution in [2.45, 2.75) is 50.9 Å². The number of Topliss-reactive ketones (excluding diaryl/α,β-unsaturated/α-hetero) is 1. The van der Waals surface area contributed by atoms with Gasteiger partial charge in [0.25, 0.3) is 0 Å². The van der Waals surface area contributed by atoms with Crippen molar-refractivity contribution in [3.05, 3.63) is 24.3 Å². The monoisotopic (exact) mass is 264 g/mol. The highest BCUT2D eigenvalue weighted by Gasteiger charge is 2.56. The summed E-state index contributed by atoms with van der Waals surface area (Å²) in [4.78, 5) is 24.4. The molecule has 0 radical (unpaired) electrons. The molecular formula is C15H20O4. The Hall–Kier alpha value is -1.26. The number of allylic oxidation sites excluding steroid dienone is 1. The van der Waals surface area contributed by atoms with Crippen LogP contribution in [0.2, 0.25) is 0 Å². The molecule has 1 saturated heterocycles. The number of hydrogen-bond acceptors (Lipinski definition) is 4. The Balaban J connectivity index is 2.48. The van der Waals surface area contributed by atoms with Crippen LogP contribution in [0, 0.1) is 5.92 Å².